The zero-order valence-corrected chi connectivity index (χ0v) is 11.7. The number of thiazole rings is 1. The third-order valence-electron chi connectivity index (χ3n) is 3.23. The quantitative estimate of drug-likeness (QED) is 0.940. The molecule has 3 nitrogen and oxygen atoms in total. The Bertz CT molecular complexity index is 557. The highest BCUT2D eigenvalue weighted by Gasteiger charge is 2.31. The largest absolute Gasteiger partial charge is 0.379 e. The van der Waals surface area contributed by atoms with E-state index in [1.54, 1.807) is 11.3 Å². The fraction of sp³-hybridized carbons (Fsp3) is 0.462. The van der Waals surface area contributed by atoms with E-state index in [2.05, 4.69) is 12.2 Å². The summed E-state index contributed by atoms with van der Waals surface area (Å²) in [5.74, 6) is 0.362. The molecule has 2 aromatic rings. The third kappa shape index (κ3) is 2.26. The van der Waals surface area contributed by atoms with Gasteiger partial charge in [-0.3, -0.25) is 0 Å². The molecule has 2 heterocycles. The molecule has 1 aliphatic heterocycles. The van der Waals surface area contributed by atoms with Gasteiger partial charge in [-0.2, -0.15) is 0 Å². The molecule has 2 unspecified atom stereocenters. The van der Waals surface area contributed by atoms with E-state index >= 15 is 0 Å². The Kier molecular flexibility index (Phi) is 3.52. The van der Waals surface area contributed by atoms with Crippen molar-refractivity contribution in [2.45, 2.75) is 18.9 Å². The van der Waals surface area contributed by atoms with Crippen LogP contribution in [0.4, 0.5) is 0 Å². The molecule has 1 saturated heterocycles. The van der Waals surface area contributed by atoms with E-state index in [1.807, 2.05) is 18.2 Å². The van der Waals surface area contributed by atoms with Crippen molar-refractivity contribution < 1.29 is 4.74 Å². The van der Waals surface area contributed by atoms with E-state index in [-0.39, 0.29) is 0 Å². The van der Waals surface area contributed by atoms with E-state index in [1.165, 1.54) is 4.70 Å². The molecule has 18 heavy (non-hydrogen) atoms. The normalized spacial score (nSPS) is 23.9. The van der Waals surface area contributed by atoms with Gasteiger partial charge in [0.25, 0.3) is 0 Å². The molecule has 3 rings (SSSR count). The molecule has 2 atom stereocenters. The van der Waals surface area contributed by atoms with E-state index in [0.717, 1.165) is 35.3 Å². The molecular weight excluding hydrogens is 268 g/mol. The van der Waals surface area contributed by atoms with Crippen molar-refractivity contribution in [2.75, 3.05) is 19.8 Å². The summed E-state index contributed by atoms with van der Waals surface area (Å²) in [6.07, 6.45) is 0. The van der Waals surface area contributed by atoms with Gasteiger partial charge in [-0.15, -0.1) is 11.3 Å². The van der Waals surface area contributed by atoms with Gasteiger partial charge in [0.15, 0.2) is 0 Å². The third-order valence-corrected chi connectivity index (χ3v) is 4.63. The van der Waals surface area contributed by atoms with E-state index in [4.69, 9.17) is 21.3 Å². The highest BCUT2D eigenvalue weighted by atomic mass is 35.5. The van der Waals surface area contributed by atoms with Gasteiger partial charge in [0.05, 0.1) is 29.3 Å². The van der Waals surface area contributed by atoms with Crippen LogP contribution in [0.3, 0.4) is 0 Å². The molecule has 1 aromatic heterocycles. The van der Waals surface area contributed by atoms with Crippen molar-refractivity contribution in [1.29, 1.82) is 0 Å². The van der Waals surface area contributed by atoms with Gasteiger partial charge in [-0.25, -0.2) is 4.98 Å². The lowest BCUT2D eigenvalue weighted by molar-refractivity contribution is 0.188. The van der Waals surface area contributed by atoms with E-state index < -0.39 is 0 Å². The fourth-order valence-electron chi connectivity index (χ4n) is 2.34. The Balaban J connectivity index is 1.93. The van der Waals surface area contributed by atoms with Gasteiger partial charge in [0.2, 0.25) is 0 Å². The molecule has 96 valence electrons. The smallest absolute Gasteiger partial charge is 0.101 e. The second kappa shape index (κ2) is 5.13. The van der Waals surface area contributed by atoms with Gasteiger partial charge in [0.1, 0.15) is 5.01 Å². The Morgan fingerprint density at radius 2 is 2.39 bits per heavy atom. The van der Waals surface area contributed by atoms with Crippen LogP contribution in [-0.2, 0) is 4.74 Å². The average molecular weight is 283 g/mol. The number of aromatic nitrogens is 1. The van der Waals surface area contributed by atoms with Crippen molar-refractivity contribution in [1.82, 2.24) is 10.3 Å². The maximum Gasteiger partial charge on any atom is 0.101 e. The molecule has 0 saturated carbocycles. The van der Waals surface area contributed by atoms with Crippen LogP contribution in [0, 0.1) is 0 Å². The number of benzene rings is 1. The van der Waals surface area contributed by atoms with Crippen LogP contribution in [-0.4, -0.2) is 30.8 Å². The highest BCUT2D eigenvalue weighted by Crippen LogP contribution is 2.33. The van der Waals surface area contributed by atoms with Crippen LogP contribution >= 0.6 is 22.9 Å². The minimum absolute atomic E-state index is 0.362. The summed E-state index contributed by atoms with van der Waals surface area (Å²) in [6, 6.07) is 6.26. The first-order valence-corrected chi connectivity index (χ1v) is 7.34. The van der Waals surface area contributed by atoms with Crippen LogP contribution in [0.2, 0.25) is 5.02 Å². The van der Waals surface area contributed by atoms with Crippen molar-refractivity contribution in [3.05, 3.63) is 28.2 Å². The zero-order valence-electron chi connectivity index (χ0n) is 10.1. The van der Waals surface area contributed by atoms with Crippen LogP contribution in [0.1, 0.15) is 17.8 Å². The Labute approximate surface area is 115 Å². The molecule has 0 radical (unpaired) electrons. The average Bonchev–Trinajstić information content (AvgIpc) is 2.94. The monoisotopic (exact) mass is 282 g/mol. The van der Waals surface area contributed by atoms with Gasteiger partial charge < -0.3 is 10.1 Å². The lowest BCUT2D eigenvalue weighted by atomic mass is 10.1. The number of hydrogen-bond donors (Lipinski definition) is 1. The number of rotatable bonds is 3. The molecule has 0 bridgehead atoms. The first-order chi connectivity index (χ1) is 8.78. The SMILES string of the molecule is CCNC1COCC1c1nc2cc(Cl)ccc2s1. The summed E-state index contributed by atoms with van der Waals surface area (Å²) < 4.78 is 6.77. The van der Waals surface area contributed by atoms with Gasteiger partial charge in [0, 0.05) is 11.1 Å². The Morgan fingerprint density at radius 3 is 3.22 bits per heavy atom. The number of ether oxygens (including phenoxy) is 1. The summed E-state index contributed by atoms with van der Waals surface area (Å²) >= 11 is 7.74. The predicted molar refractivity (Wildman–Crippen MR) is 75.7 cm³/mol. The second-order valence-corrected chi connectivity index (χ2v) is 5.97. The zero-order chi connectivity index (χ0) is 12.5. The maximum absolute atomic E-state index is 5.99. The molecule has 1 fully saturated rings. The van der Waals surface area contributed by atoms with Gasteiger partial charge in [-0.1, -0.05) is 18.5 Å². The fourth-order valence-corrected chi connectivity index (χ4v) is 3.60. The molecule has 1 N–H and O–H groups in total. The maximum atomic E-state index is 5.99. The number of hydrogen-bond acceptors (Lipinski definition) is 4. The molecule has 1 aromatic carbocycles. The van der Waals surface area contributed by atoms with Crippen LogP contribution < -0.4 is 5.32 Å². The molecule has 5 heteroatoms. The van der Waals surface area contributed by atoms with Gasteiger partial charge in [-0.05, 0) is 24.7 Å². The standard InChI is InChI=1S/C13H15ClN2OS/c1-2-15-11-7-17-6-9(11)13-16-10-5-8(14)3-4-12(10)18-13/h3-5,9,11,15H,2,6-7H2,1H3. The summed E-state index contributed by atoms with van der Waals surface area (Å²) in [4.78, 5) is 4.70. The molecule has 0 aliphatic carbocycles. The number of nitrogens with one attached hydrogen (secondary N) is 1. The summed E-state index contributed by atoms with van der Waals surface area (Å²) in [6.45, 7) is 4.61. The summed E-state index contributed by atoms with van der Waals surface area (Å²) in [7, 11) is 0. The van der Waals surface area contributed by atoms with Crippen molar-refractivity contribution in [3.63, 3.8) is 0 Å². The first kappa shape index (κ1) is 12.4. The Hall–Kier alpha value is -0.680. The molecule has 1 aliphatic rings. The summed E-state index contributed by atoms with van der Waals surface area (Å²) in [5, 5.41) is 5.35. The highest BCUT2D eigenvalue weighted by molar-refractivity contribution is 7.18. The van der Waals surface area contributed by atoms with Crippen molar-refractivity contribution >= 4 is 33.2 Å². The van der Waals surface area contributed by atoms with Crippen LogP contribution in [0.5, 0.6) is 0 Å². The predicted octanol–water partition coefficient (Wildman–Crippen LogP) is 3.04. The van der Waals surface area contributed by atoms with Crippen LogP contribution in [0.15, 0.2) is 18.2 Å². The minimum Gasteiger partial charge on any atom is -0.379 e. The van der Waals surface area contributed by atoms with Gasteiger partial charge >= 0.3 is 0 Å². The lowest BCUT2D eigenvalue weighted by Gasteiger charge is -2.15. The number of halogens is 1. The number of fused-ring (bicyclic) bond motifs is 1. The molecule has 0 amide bonds. The molecular formula is C13H15ClN2OS. The second-order valence-electron chi connectivity index (χ2n) is 4.47. The van der Waals surface area contributed by atoms with Crippen molar-refractivity contribution in [2.24, 2.45) is 0 Å². The Morgan fingerprint density at radius 1 is 1.50 bits per heavy atom. The van der Waals surface area contributed by atoms with Crippen LogP contribution in [0.25, 0.3) is 10.2 Å². The number of likely N-dealkylation sites (N-methyl/N-ethyl adjacent to an activating group) is 1. The molecule has 0 spiro atoms. The number of nitrogens with zero attached hydrogens (tertiary/aromatic N) is 1. The van der Waals surface area contributed by atoms with E-state index in [9.17, 15) is 0 Å². The first-order valence-electron chi connectivity index (χ1n) is 6.15. The minimum atomic E-state index is 0.362. The summed E-state index contributed by atoms with van der Waals surface area (Å²) in [5.41, 5.74) is 0.990. The van der Waals surface area contributed by atoms with Crippen molar-refractivity contribution in [3.8, 4) is 0 Å². The topological polar surface area (TPSA) is 34.1 Å². The lowest BCUT2D eigenvalue weighted by Crippen LogP contribution is -2.34. The van der Waals surface area contributed by atoms with E-state index in [0.29, 0.717) is 12.0 Å².